The van der Waals surface area contributed by atoms with Crippen molar-refractivity contribution in [1.29, 1.82) is 0 Å². The largest absolute Gasteiger partial charge is 0.380 e. The highest BCUT2D eigenvalue weighted by Crippen LogP contribution is 2.07. The van der Waals surface area contributed by atoms with E-state index in [1.165, 1.54) is 32.4 Å². The van der Waals surface area contributed by atoms with Crippen LogP contribution in [0.1, 0.15) is 47.0 Å². The van der Waals surface area contributed by atoms with Crippen molar-refractivity contribution in [2.45, 2.75) is 47.0 Å². The molecule has 2 nitrogen and oxygen atoms in total. The molecule has 0 saturated carbocycles. The minimum atomic E-state index is 0.839. The van der Waals surface area contributed by atoms with E-state index < -0.39 is 0 Å². The van der Waals surface area contributed by atoms with E-state index in [0.717, 1.165) is 25.7 Å². The Balaban J connectivity index is 3.62. The molecule has 1 atom stereocenters. The van der Waals surface area contributed by atoms with Crippen molar-refractivity contribution in [2.75, 3.05) is 32.8 Å². The second-order valence-corrected chi connectivity index (χ2v) is 4.34. The lowest BCUT2D eigenvalue weighted by Gasteiger charge is -2.22. The van der Waals surface area contributed by atoms with Gasteiger partial charge in [0.25, 0.3) is 0 Å². The van der Waals surface area contributed by atoms with Gasteiger partial charge in [-0.25, -0.2) is 0 Å². The molecule has 0 spiro atoms. The topological polar surface area (TPSA) is 12.5 Å². The second-order valence-electron chi connectivity index (χ2n) is 4.34. The molecule has 0 amide bonds. The first kappa shape index (κ1) is 14.9. The fourth-order valence-electron chi connectivity index (χ4n) is 1.60. The fraction of sp³-hybridized carbons (Fsp3) is 1.00. The van der Waals surface area contributed by atoms with Gasteiger partial charge in [-0.2, -0.15) is 0 Å². The van der Waals surface area contributed by atoms with Crippen molar-refractivity contribution in [3.63, 3.8) is 0 Å². The van der Waals surface area contributed by atoms with Gasteiger partial charge in [-0.3, -0.25) is 0 Å². The summed E-state index contributed by atoms with van der Waals surface area (Å²) in [6.45, 7) is 14.2. The Labute approximate surface area is 96.0 Å². The monoisotopic (exact) mass is 215 g/mol. The van der Waals surface area contributed by atoms with Crippen LogP contribution in [-0.2, 0) is 4.74 Å². The maximum Gasteiger partial charge on any atom is 0.0593 e. The van der Waals surface area contributed by atoms with Crippen molar-refractivity contribution < 1.29 is 4.74 Å². The molecule has 0 N–H and O–H groups in total. The minimum Gasteiger partial charge on any atom is -0.380 e. The van der Waals surface area contributed by atoms with Crippen molar-refractivity contribution in [3.8, 4) is 0 Å². The van der Waals surface area contributed by atoms with Gasteiger partial charge in [0.2, 0.25) is 0 Å². The predicted molar refractivity (Wildman–Crippen MR) is 67.3 cm³/mol. The molecule has 0 bridgehead atoms. The van der Waals surface area contributed by atoms with Gasteiger partial charge in [0.15, 0.2) is 0 Å². The van der Waals surface area contributed by atoms with E-state index in [9.17, 15) is 0 Å². The Morgan fingerprint density at radius 2 is 1.80 bits per heavy atom. The molecule has 0 fully saturated rings. The summed E-state index contributed by atoms with van der Waals surface area (Å²) in [5.74, 6) is 0.858. The Hall–Kier alpha value is -0.0800. The van der Waals surface area contributed by atoms with Crippen molar-refractivity contribution in [1.82, 2.24) is 4.90 Å². The van der Waals surface area contributed by atoms with Crippen LogP contribution in [0.25, 0.3) is 0 Å². The highest BCUT2D eigenvalue weighted by Gasteiger charge is 2.05. The van der Waals surface area contributed by atoms with Gasteiger partial charge >= 0.3 is 0 Å². The van der Waals surface area contributed by atoms with Gasteiger partial charge in [-0.1, -0.05) is 27.2 Å². The highest BCUT2D eigenvalue weighted by atomic mass is 16.5. The standard InChI is InChI=1S/C13H29NO/c1-5-9-14(11-12-15-7-3)10-8-13(4)6-2/h13H,5-12H2,1-4H3. The number of ether oxygens (including phenoxy) is 1. The van der Waals surface area contributed by atoms with E-state index in [1.807, 2.05) is 0 Å². The zero-order valence-electron chi connectivity index (χ0n) is 11.1. The minimum absolute atomic E-state index is 0.839. The molecule has 0 rings (SSSR count). The Morgan fingerprint density at radius 3 is 2.33 bits per heavy atom. The van der Waals surface area contributed by atoms with Crippen LogP contribution in [0.5, 0.6) is 0 Å². The first-order chi connectivity index (χ1) is 7.24. The third-order valence-corrected chi connectivity index (χ3v) is 2.93. The van der Waals surface area contributed by atoms with Gasteiger partial charge < -0.3 is 9.64 Å². The van der Waals surface area contributed by atoms with Crippen molar-refractivity contribution in [2.24, 2.45) is 5.92 Å². The lowest BCUT2D eigenvalue weighted by molar-refractivity contribution is 0.111. The maximum atomic E-state index is 5.40. The molecule has 0 aromatic rings. The first-order valence-electron chi connectivity index (χ1n) is 6.54. The fourth-order valence-corrected chi connectivity index (χ4v) is 1.60. The molecule has 0 saturated heterocycles. The van der Waals surface area contributed by atoms with E-state index in [4.69, 9.17) is 4.74 Å². The molecule has 2 heteroatoms. The summed E-state index contributed by atoms with van der Waals surface area (Å²) in [7, 11) is 0. The van der Waals surface area contributed by atoms with E-state index in [2.05, 4.69) is 32.6 Å². The van der Waals surface area contributed by atoms with Crippen molar-refractivity contribution in [3.05, 3.63) is 0 Å². The molecule has 0 aromatic carbocycles. The molecule has 15 heavy (non-hydrogen) atoms. The third kappa shape index (κ3) is 8.88. The molecular formula is C13H29NO. The van der Waals surface area contributed by atoms with Crippen LogP contribution in [0, 0.1) is 5.92 Å². The van der Waals surface area contributed by atoms with E-state index in [-0.39, 0.29) is 0 Å². The van der Waals surface area contributed by atoms with Gasteiger partial charge in [0, 0.05) is 13.2 Å². The van der Waals surface area contributed by atoms with Crippen LogP contribution in [0.15, 0.2) is 0 Å². The molecule has 0 heterocycles. The van der Waals surface area contributed by atoms with Crippen LogP contribution in [0.2, 0.25) is 0 Å². The molecule has 0 aliphatic carbocycles. The molecule has 0 aliphatic rings. The number of rotatable bonds is 10. The van der Waals surface area contributed by atoms with Crippen LogP contribution in [-0.4, -0.2) is 37.7 Å². The third-order valence-electron chi connectivity index (χ3n) is 2.93. The van der Waals surface area contributed by atoms with Gasteiger partial charge in [-0.05, 0) is 38.8 Å². The Kier molecular flexibility index (Phi) is 10.4. The van der Waals surface area contributed by atoms with E-state index in [1.54, 1.807) is 0 Å². The average molecular weight is 215 g/mol. The SMILES string of the molecule is CCCN(CCOCC)CCC(C)CC. The van der Waals surface area contributed by atoms with E-state index in [0.29, 0.717) is 0 Å². The highest BCUT2D eigenvalue weighted by molar-refractivity contribution is 4.59. The summed E-state index contributed by atoms with van der Waals surface area (Å²) < 4.78 is 5.40. The summed E-state index contributed by atoms with van der Waals surface area (Å²) in [6.07, 6.45) is 3.86. The normalized spacial score (nSPS) is 13.4. The lowest BCUT2D eigenvalue weighted by Crippen LogP contribution is -2.30. The van der Waals surface area contributed by atoms with Gasteiger partial charge in [-0.15, -0.1) is 0 Å². The van der Waals surface area contributed by atoms with E-state index >= 15 is 0 Å². The quantitative estimate of drug-likeness (QED) is 0.519. The number of hydrogen-bond donors (Lipinski definition) is 0. The molecule has 92 valence electrons. The second kappa shape index (κ2) is 10.4. The maximum absolute atomic E-state index is 5.40. The number of nitrogens with zero attached hydrogens (tertiary/aromatic N) is 1. The predicted octanol–water partition coefficient (Wildman–Crippen LogP) is 3.17. The molecule has 0 aliphatic heterocycles. The summed E-state index contributed by atoms with van der Waals surface area (Å²) in [4.78, 5) is 2.53. The Bertz CT molecular complexity index is 128. The summed E-state index contributed by atoms with van der Waals surface area (Å²) in [5.41, 5.74) is 0. The lowest BCUT2D eigenvalue weighted by atomic mass is 10.1. The average Bonchev–Trinajstić information content (AvgIpc) is 2.25. The van der Waals surface area contributed by atoms with Crippen LogP contribution in [0.4, 0.5) is 0 Å². The Morgan fingerprint density at radius 1 is 1.07 bits per heavy atom. The zero-order chi connectivity index (χ0) is 11.5. The van der Waals surface area contributed by atoms with Gasteiger partial charge in [0.05, 0.1) is 6.61 Å². The van der Waals surface area contributed by atoms with Crippen LogP contribution < -0.4 is 0 Å². The van der Waals surface area contributed by atoms with Crippen LogP contribution in [0.3, 0.4) is 0 Å². The molecule has 1 unspecified atom stereocenters. The summed E-state index contributed by atoms with van der Waals surface area (Å²) >= 11 is 0. The summed E-state index contributed by atoms with van der Waals surface area (Å²) in [5, 5.41) is 0. The van der Waals surface area contributed by atoms with Gasteiger partial charge in [0.1, 0.15) is 0 Å². The zero-order valence-corrected chi connectivity index (χ0v) is 11.1. The molecule has 0 aromatic heterocycles. The molecular weight excluding hydrogens is 186 g/mol. The number of hydrogen-bond acceptors (Lipinski definition) is 2. The molecule has 0 radical (unpaired) electrons. The van der Waals surface area contributed by atoms with Crippen LogP contribution >= 0.6 is 0 Å². The first-order valence-corrected chi connectivity index (χ1v) is 6.54. The van der Waals surface area contributed by atoms with Crippen molar-refractivity contribution >= 4 is 0 Å². The smallest absolute Gasteiger partial charge is 0.0593 e. The summed E-state index contributed by atoms with van der Waals surface area (Å²) in [6, 6.07) is 0.